The second-order valence-electron chi connectivity index (χ2n) is 2.40. The molecule has 0 saturated heterocycles. The van der Waals surface area contributed by atoms with E-state index in [0.717, 1.165) is 0 Å². The molecular formula is C9H9O3-. The Bertz CT molecular complexity index is 281. The number of methoxy groups -OCH3 is 1. The normalized spacial score (nSPS) is 9.42. The largest absolute Gasteiger partial charge is 0.550 e. The molecule has 0 heterocycles. The van der Waals surface area contributed by atoms with Gasteiger partial charge in [0.2, 0.25) is 0 Å². The highest BCUT2D eigenvalue weighted by Gasteiger charge is 1.95. The Labute approximate surface area is 70.6 Å². The smallest absolute Gasteiger partial charge is 0.119 e. The van der Waals surface area contributed by atoms with Crippen LogP contribution in [0, 0.1) is 0 Å². The average molecular weight is 165 g/mol. The lowest BCUT2D eigenvalue weighted by atomic mass is 10.1. The van der Waals surface area contributed by atoms with Crippen molar-refractivity contribution in [2.75, 3.05) is 7.11 Å². The molecule has 0 aliphatic heterocycles. The molecule has 0 atom stereocenters. The van der Waals surface area contributed by atoms with E-state index in [0.29, 0.717) is 11.3 Å². The topological polar surface area (TPSA) is 49.4 Å². The Morgan fingerprint density at radius 3 is 2.92 bits per heavy atom. The lowest BCUT2D eigenvalue weighted by Crippen LogP contribution is -2.24. The van der Waals surface area contributed by atoms with E-state index < -0.39 is 5.97 Å². The van der Waals surface area contributed by atoms with Gasteiger partial charge in [-0.3, -0.25) is 0 Å². The fourth-order valence-corrected chi connectivity index (χ4v) is 0.949. The maximum Gasteiger partial charge on any atom is 0.119 e. The number of carbonyl (C=O) groups is 1. The van der Waals surface area contributed by atoms with Crippen LogP contribution in [0.5, 0.6) is 5.75 Å². The van der Waals surface area contributed by atoms with Gasteiger partial charge in [-0.25, -0.2) is 0 Å². The summed E-state index contributed by atoms with van der Waals surface area (Å²) in [6.45, 7) is 0. The molecule has 0 radical (unpaired) electrons. The molecule has 3 heteroatoms. The zero-order valence-corrected chi connectivity index (χ0v) is 6.74. The van der Waals surface area contributed by atoms with Crippen molar-refractivity contribution >= 4 is 5.97 Å². The molecule has 0 N–H and O–H groups in total. The molecule has 0 aliphatic rings. The third kappa shape index (κ3) is 2.27. The maximum absolute atomic E-state index is 10.2. The van der Waals surface area contributed by atoms with Crippen LogP contribution in [-0.2, 0) is 11.2 Å². The number of carbonyl (C=O) groups excluding carboxylic acids is 1. The zero-order chi connectivity index (χ0) is 8.97. The summed E-state index contributed by atoms with van der Waals surface area (Å²) in [4.78, 5) is 10.2. The van der Waals surface area contributed by atoms with Gasteiger partial charge in [0.05, 0.1) is 7.11 Å². The van der Waals surface area contributed by atoms with Gasteiger partial charge in [0, 0.05) is 12.4 Å². The van der Waals surface area contributed by atoms with Gasteiger partial charge in [-0.15, -0.1) is 0 Å². The van der Waals surface area contributed by atoms with Crippen LogP contribution in [0.1, 0.15) is 5.56 Å². The fourth-order valence-electron chi connectivity index (χ4n) is 0.949. The highest BCUT2D eigenvalue weighted by Crippen LogP contribution is 2.12. The quantitative estimate of drug-likeness (QED) is 0.632. The third-order valence-corrected chi connectivity index (χ3v) is 1.48. The van der Waals surface area contributed by atoms with Crippen molar-refractivity contribution < 1.29 is 14.6 Å². The van der Waals surface area contributed by atoms with E-state index in [2.05, 4.69) is 0 Å². The molecule has 1 aromatic rings. The van der Waals surface area contributed by atoms with Crippen LogP contribution in [-0.4, -0.2) is 13.1 Å². The summed E-state index contributed by atoms with van der Waals surface area (Å²) < 4.78 is 4.92. The van der Waals surface area contributed by atoms with Crippen LogP contribution in [0.25, 0.3) is 0 Å². The number of aliphatic carboxylic acids is 1. The van der Waals surface area contributed by atoms with Gasteiger partial charge in [0.1, 0.15) is 5.75 Å². The van der Waals surface area contributed by atoms with Crippen molar-refractivity contribution in [2.24, 2.45) is 0 Å². The zero-order valence-electron chi connectivity index (χ0n) is 6.74. The van der Waals surface area contributed by atoms with Gasteiger partial charge in [0.15, 0.2) is 0 Å². The van der Waals surface area contributed by atoms with Gasteiger partial charge in [0.25, 0.3) is 0 Å². The highest BCUT2D eigenvalue weighted by atomic mass is 16.5. The van der Waals surface area contributed by atoms with E-state index in [1.807, 2.05) is 0 Å². The second-order valence-corrected chi connectivity index (χ2v) is 2.40. The van der Waals surface area contributed by atoms with Gasteiger partial charge in [-0.05, 0) is 17.7 Å². The second kappa shape index (κ2) is 3.76. The maximum atomic E-state index is 10.2. The molecule has 0 bridgehead atoms. The van der Waals surface area contributed by atoms with E-state index >= 15 is 0 Å². The van der Waals surface area contributed by atoms with Crippen LogP contribution in [0.2, 0.25) is 0 Å². The first kappa shape index (κ1) is 8.59. The van der Waals surface area contributed by atoms with E-state index in [1.165, 1.54) is 7.11 Å². The Morgan fingerprint density at radius 1 is 1.58 bits per heavy atom. The number of hydrogen-bond donors (Lipinski definition) is 0. The highest BCUT2D eigenvalue weighted by molar-refractivity contribution is 5.68. The van der Waals surface area contributed by atoms with Crippen molar-refractivity contribution in [3.05, 3.63) is 29.8 Å². The minimum Gasteiger partial charge on any atom is -0.550 e. The van der Waals surface area contributed by atoms with E-state index in [1.54, 1.807) is 24.3 Å². The number of ether oxygens (including phenoxy) is 1. The lowest BCUT2D eigenvalue weighted by Gasteiger charge is -2.04. The van der Waals surface area contributed by atoms with Crippen molar-refractivity contribution in [2.45, 2.75) is 6.42 Å². The predicted octanol–water partition coefficient (Wildman–Crippen LogP) is -0.0124. The van der Waals surface area contributed by atoms with E-state index in [-0.39, 0.29) is 6.42 Å². The first-order chi connectivity index (χ1) is 5.72. The molecule has 0 saturated carbocycles. The number of carboxylic acids is 1. The summed E-state index contributed by atoms with van der Waals surface area (Å²) in [5.41, 5.74) is 0.689. The first-order valence-electron chi connectivity index (χ1n) is 3.55. The first-order valence-corrected chi connectivity index (χ1v) is 3.55. The molecule has 0 aliphatic carbocycles. The Kier molecular flexibility index (Phi) is 2.69. The fraction of sp³-hybridized carbons (Fsp3) is 0.222. The molecule has 3 nitrogen and oxygen atoms in total. The lowest BCUT2D eigenvalue weighted by molar-refractivity contribution is -0.304. The summed E-state index contributed by atoms with van der Waals surface area (Å²) >= 11 is 0. The summed E-state index contributed by atoms with van der Waals surface area (Å²) in [5.74, 6) is -0.419. The van der Waals surface area contributed by atoms with Crippen LogP contribution in [0.15, 0.2) is 24.3 Å². The van der Waals surface area contributed by atoms with Crippen LogP contribution < -0.4 is 9.84 Å². The molecule has 0 spiro atoms. The van der Waals surface area contributed by atoms with Crippen LogP contribution >= 0.6 is 0 Å². The van der Waals surface area contributed by atoms with Crippen molar-refractivity contribution in [1.29, 1.82) is 0 Å². The summed E-state index contributed by atoms with van der Waals surface area (Å²) in [6, 6.07) is 6.91. The molecule has 1 aromatic carbocycles. The minimum atomic E-state index is -1.08. The molecule has 64 valence electrons. The molecule has 0 fully saturated rings. The summed E-state index contributed by atoms with van der Waals surface area (Å²) in [7, 11) is 1.54. The molecule has 0 unspecified atom stereocenters. The number of benzene rings is 1. The minimum absolute atomic E-state index is 0.0722. The standard InChI is InChI=1S/C9H10O3/c1-12-8-4-2-3-7(5-8)6-9(10)11/h2-5H,6H2,1H3,(H,10,11)/p-1. The van der Waals surface area contributed by atoms with Gasteiger partial charge in [-0.1, -0.05) is 12.1 Å². The van der Waals surface area contributed by atoms with Gasteiger partial charge in [-0.2, -0.15) is 0 Å². The molecule has 0 aromatic heterocycles. The van der Waals surface area contributed by atoms with Crippen LogP contribution in [0.4, 0.5) is 0 Å². The summed E-state index contributed by atoms with van der Waals surface area (Å²) in [5, 5.41) is 10.2. The summed E-state index contributed by atoms with van der Waals surface area (Å²) in [6.07, 6.45) is -0.0722. The van der Waals surface area contributed by atoms with Gasteiger partial charge >= 0.3 is 0 Å². The molecule has 12 heavy (non-hydrogen) atoms. The van der Waals surface area contributed by atoms with Crippen molar-refractivity contribution in [1.82, 2.24) is 0 Å². The van der Waals surface area contributed by atoms with Crippen molar-refractivity contribution in [3.63, 3.8) is 0 Å². The Morgan fingerprint density at radius 2 is 2.33 bits per heavy atom. The van der Waals surface area contributed by atoms with Crippen LogP contribution in [0.3, 0.4) is 0 Å². The van der Waals surface area contributed by atoms with E-state index in [9.17, 15) is 9.90 Å². The third-order valence-electron chi connectivity index (χ3n) is 1.48. The Balaban J connectivity index is 2.79. The number of hydrogen-bond acceptors (Lipinski definition) is 3. The van der Waals surface area contributed by atoms with Gasteiger partial charge < -0.3 is 14.6 Å². The molecule has 1 rings (SSSR count). The Hall–Kier alpha value is -1.51. The molecule has 0 amide bonds. The number of rotatable bonds is 3. The van der Waals surface area contributed by atoms with Crippen molar-refractivity contribution in [3.8, 4) is 5.75 Å². The number of carboxylic acid groups (broad SMARTS) is 1. The predicted molar refractivity (Wildman–Crippen MR) is 41.7 cm³/mol. The SMILES string of the molecule is COc1cccc(CC(=O)[O-])c1. The molecular weight excluding hydrogens is 156 g/mol. The monoisotopic (exact) mass is 165 g/mol. The van der Waals surface area contributed by atoms with E-state index in [4.69, 9.17) is 4.74 Å². The average Bonchev–Trinajstić information content (AvgIpc) is 2.03.